The third-order valence-electron chi connectivity index (χ3n) is 3.41. The minimum Gasteiger partial charge on any atom is -0.497 e. The van der Waals surface area contributed by atoms with Crippen molar-refractivity contribution in [2.75, 3.05) is 21.2 Å². The molecule has 2 atom stereocenters. The third-order valence-corrected chi connectivity index (χ3v) is 4.72. The average Bonchev–Trinajstić information content (AvgIpc) is 2.90. The fourth-order valence-electron chi connectivity index (χ4n) is 2.25. The molecule has 2 N–H and O–H groups in total. The summed E-state index contributed by atoms with van der Waals surface area (Å²) in [7, 11) is 5.55. The molecule has 1 unspecified atom stereocenters. The quantitative estimate of drug-likeness (QED) is 0.895. The SMILES string of the molecule is COc1ccc(CSC2C[C@@H](C(N)=O)N=C2N(C)C)cc1. The van der Waals surface area contributed by atoms with E-state index in [1.165, 1.54) is 5.56 Å². The standard InChI is InChI=1S/C15H21N3O2S/c1-18(2)15-13(8-12(17-15)14(16)19)21-9-10-4-6-11(20-3)7-5-10/h4-7,12-13H,8-9H2,1-3H3,(H2,16,19)/t12-,13?/m0/s1. The number of ether oxygens (including phenoxy) is 1. The number of rotatable bonds is 5. The van der Waals surface area contributed by atoms with E-state index in [0.29, 0.717) is 6.42 Å². The zero-order valence-corrected chi connectivity index (χ0v) is 13.4. The van der Waals surface area contributed by atoms with Gasteiger partial charge >= 0.3 is 0 Å². The van der Waals surface area contributed by atoms with Crippen molar-refractivity contribution in [1.82, 2.24) is 4.90 Å². The van der Waals surface area contributed by atoms with E-state index >= 15 is 0 Å². The molecule has 1 aliphatic heterocycles. The van der Waals surface area contributed by atoms with Crippen molar-refractivity contribution < 1.29 is 9.53 Å². The van der Waals surface area contributed by atoms with Gasteiger partial charge < -0.3 is 15.4 Å². The molecule has 0 fully saturated rings. The summed E-state index contributed by atoms with van der Waals surface area (Å²) in [6.45, 7) is 0. The number of benzene rings is 1. The lowest BCUT2D eigenvalue weighted by Gasteiger charge is -2.19. The fraction of sp³-hybridized carbons (Fsp3) is 0.467. The molecule has 1 amide bonds. The van der Waals surface area contributed by atoms with Crippen LogP contribution in [0.5, 0.6) is 5.75 Å². The highest BCUT2D eigenvalue weighted by molar-refractivity contribution is 7.99. The molecule has 5 nitrogen and oxygen atoms in total. The fourth-order valence-corrected chi connectivity index (χ4v) is 3.57. The van der Waals surface area contributed by atoms with E-state index in [9.17, 15) is 4.79 Å². The van der Waals surface area contributed by atoms with Gasteiger partial charge in [0.05, 0.1) is 12.4 Å². The number of carbonyl (C=O) groups is 1. The van der Waals surface area contributed by atoms with Crippen LogP contribution in [0.15, 0.2) is 29.3 Å². The van der Waals surface area contributed by atoms with Gasteiger partial charge in [-0.1, -0.05) is 12.1 Å². The van der Waals surface area contributed by atoms with Crippen molar-refractivity contribution >= 4 is 23.5 Å². The number of hydrogen-bond acceptors (Lipinski definition) is 5. The predicted molar refractivity (Wildman–Crippen MR) is 86.8 cm³/mol. The van der Waals surface area contributed by atoms with Gasteiger partial charge in [0.25, 0.3) is 0 Å². The first kappa shape index (κ1) is 15.7. The average molecular weight is 307 g/mol. The zero-order chi connectivity index (χ0) is 15.4. The summed E-state index contributed by atoms with van der Waals surface area (Å²) in [6.07, 6.45) is 0.684. The van der Waals surface area contributed by atoms with Gasteiger partial charge in [0, 0.05) is 19.8 Å². The Labute approximate surface area is 129 Å². The number of thioether (sulfide) groups is 1. The number of nitrogens with two attached hydrogens (primary N) is 1. The van der Waals surface area contributed by atoms with E-state index in [2.05, 4.69) is 17.1 Å². The van der Waals surface area contributed by atoms with E-state index in [1.54, 1.807) is 18.9 Å². The van der Waals surface area contributed by atoms with E-state index in [-0.39, 0.29) is 11.2 Å². The minimum absolute atomic E-state index is 0.208. The Bertz CT molecular complexity index is 528. The molecule has 0 aliphatic carbocycles. The van der Waals surface area contributed by atoms with Crippen molar-refractivity contribution in [1.29, 1.82) is 0 Å². The molecule has 0 spiro atoms. The maximum Gasteiger partial charge on any atom is 0.242 e. The van der Waals surface area contributed by atoms with Crippen LogP contribution in [0.2, 0.25) is 0 Å². The molecule has 0 bridgehead atoms. The zero-order valence-electron chi connectivity index (χ0n) is 12.6. The molecule has 1 aromatic carbocycles. The van der Waals surface area contributed by atoms with Crippen LogP contribution >= 0.6 is 11.8 Å². The van der Waals surface area contributed by atoms with Crippen LogP contribution in [-0.4, -0.2) is 49.1 Å². The molecule has 0 radical (unpaired) electrons. The largest absolute Gasteiger partial charge is 0.497 e. The van der Waals surface area contributed by atoms with E-state index < -0.39 is 6.04 Å². The van der Waals surface area contributed by atoms with Crippen LogP contribution in [0.25, 0.3) is 0 Å². The number of methoxy groups -OCH3 is 1. The highest BCUT2D eigenvalue weighted by atomic mass is 32.2. The van der Waals surface area contributed by atoms with E-state index in [4.69, 9.17) is 10.5 Å². The van der Waals surface area contributed by atoms with E-state index in [1.807, 2.05) is 31.1 Å². The lowest BCUT2D eigenvalue weighted by molar-refractivity contribution is -0.119. The smallest absolute Gasteiger partial charge is 0.242 e. The van der Waals surface area contributed by atoms with Gasteiger partial charge in [0.15, 0.2) is 0 Å². The molecule has 6 heteroatoms. The summed E-state index contributed by atoms with van der Waals surface area (Å²) in [5.74, 6) is 2.32. The Balaban J connectivity index is 1.98. The van der Waals surface area contributed by atoms with Gasteiger partial charge in [-0.15, -0.1) is 11.8 Å². The molecule has 0 aromatic heterocycles. The first-order valence-corrected chi connectivity index (χ1v) is 7.85. The Kier molecular flexibility index (Phi) is 5.12. The molecule has 0 saturated heterocycles. The first-order chi connectivity index (χ1) is 10.0. The Morgan fingerprint density at radius 1 is 1.43 bits per heavy atom. The van der Waals surface area contributed by atoms with Gasteiger partial charge in [-0.3, -0.25) is 9.79 Å². The number of amidine groups is 1. The van der Waals surface area contributed by atoms with Crippen molar-refractivity contribution in [2.24, 2.45) is 10.7 Å². The second-order valence-electron chi connectivity index (χ2n) is 5.18. The number of carbonyl (C=O) groups excluding carboxylic acids is 1. The third kappa shape index (κ3) is 3.91. The van der Waals surface area contributed by atoms with Crippen molar-refractivity contribution in [3.05, 3.63) is 29.8 Å². The maximum atomic E-state index is 11.3. The van der Waals surface area contributed by atoms with Crippen LogP contribution in [0.1, 0.15) is 12.0 Å². The topological polar surface area (TPSA) is 67.9 Å². The molecule has 1 aromatic rings. The molecular weight excluding hydrogens is 286 g/mol. The summed E-state index contributed by atoms with van der Waals surface area (Å²) in [5.41, 5.74) is 6.60. The Hall–Kier alpha value is -1.69. The van der Waals surface area contributed by atoms with Crippen LogP contribution in [-0.2, 0) is 10.5 Å². The summed E-state index contributed by atoms with van der Waals surface area (Å²) < 4.78 is 5.15. The second kappa shape index (κ2) is 6.85. The number of primary amides is 1. The van der Waals surface area contributed by atoms with Crippen LogP contribution in [0.3, 0.4) is 0 Å². The Morgan fingerprint density at radius 3 is 2.62 bits per heavy atom. The highest BCUT2D eigenvalue weighted by Crippen LogP contribution is 2.29. The molecule has 1 aliphatic rings. The summed E-state index contributed by atoms with van der Waals surface area (Å²) >= 11 is 1.79. The molecule has 1 heterocycles. The summed E-state index contributed by atoms with van der Waals surface area (Å²) in [6, 6.07) is 7.63. The first-order valence-electron chi connectivity index (χ1n) is 6.80. The van der Waals surface area contributed by atoms with Crippen molar-refractivity contribution in [2.45, 2.75) is 23.5 Å². The minimum atomic E-state index is -0.393. The monoisotopic (exact) mass is 307 g/mol. The van der Waals surface area contributed by atoms with Crippen molar-refractivity contribution in [3.63, 3.8) is 0 Å². The maximum absolute atomic E-state index is 11.3. The van der Waals surface area contributed by atoms with Gasteiger partial charge in [-0.2, -0.15) is 0 Å². The van der Waals surface area contributed by atoms with Gasteiger partial charge in [0.2, 0.25) is 5.91 Å². The predicted octanol–water partition coefficient (Wildman–Crippen LogP) is 1.51. The van der Waals surface area contributed by atoms with Gasteiger partial charge in [0.1, 0.15) is 17.6 Å². The summed E-state index contributed by atoms with van der Waals surface area (Å²) in [5, 5.41) is 0.208. The van der Waals surface area contributed by atoms with Crippen LogP contribution in [0, 0.1) is 0 Å². The number of aliphatic imine (C=N–C) groups is 1. The number of nitrogens with zero attached hydrogens (tertiary/aromatic N) is 2. The lowest BCUT2D eigenvalue weighted by Crippen LogP contribution is -2.29. The highest BCUT2D eigenvalue weighted by Gasteiger charge is 2.32. The molecule has 0 saturated carbocycles. The normalized spacial score (nSPS) is 21.0. The van der Waals surface area contributed by atoms with Crippen molar-refractivity contribution in [3.8, 4) is 5.75 Å². The molecule has 114 valence electrons. The second-order valence-corrected chi connectivity index (χ2v) is 6.37. The number of hydrogen-bond donors (Lipinski definition) is 1. The summed E-state index contributed by atoms with van der Waals surface area (Å²) in [4.78, 5) is 17.7. The lowest BCUT2D eigenvalue weighted by atomic mass is 10.2. The number of amides is 1. The Morgan fingerprint density at radius 2 is 2.10 bits per heavy atom. The molecular formula is C15H21N3O2S. The molecule has 21 heavy (non-hydrogen) atoms. The van der Waals surface area contributed by atoms with Crippen LogP contribution < -0.4 is 10.5 Å². The van der Waals surface area contributed by atoms with E-state index in [0.717, 1.165) is 17.3 Å². The van der Waals surface area contributed by atoms with Gasteiger partial charge in [-0.25, -0.2) is 0 Å². The van der Waals surface area contributed by atoms with Crippen LogP contribution in [0.4, 0.5) is 0 Å². The van der Waals surface area contributed by atoms with Gasteiger partial charge in [-0.05, 0) is 24.1 Å². The molecule has 2 rings (SSSR count).